The van der Waals surface area contributed by atoms with Gasteiger partial charge in [-0.2, -0.15) is 0 Å². The third kappa shape index (κ3) is 6.07. The van der Waals surface area contributed by atoms with Gasteiger partial charge in [-0.3, -0.25) is 4.79 Å². The molecule has 36 heavy (non-hydrogen) atoms. The zero-order valence-electron chi connectivity index (χ0n) is 20.7. The lowest BCUT2D eigenvalue weighted by molar-refractivity contribution is 0.102. The minimum Gasteiger partial charge on any atom is -0.399 e. The minimum absolute atomic E-state index is 0.233. The Balaban J connectivity index is 1.43. The van der Waals surface area contributed by atoms with Crippen molar-refractivity contribution in [1.29, 1.82) is 0 Å². The topological polar surface area (TPSA) is 96.2 Å². The third-order valence-corrected chi connectivity index (χ3v) is 5.76. The number of hydrogen-bond acceptors (Lipinski definition) is 6. The maximum Gasteiger partial charge on any atom is 0.256 e. The number of carbonyl (C=O) groups excluding carboxylic acids is 1. The van der Waals surface area contributed by atoms with E-state index in [0.717, 1.165) is 33.8 Å². The molecule has 0 bridgehead atoms. The van der Waals surface area contributed by atoms with Crippen molar-refractivity contribution in [2.45, 2.75) is 13.3 Å². The molecule has 0 atom stereocenters. The number of nitrogens with zero attached hydrogens (tertiary/aromatic N) is 3. The molecular formula is C29H30N6O. The molecule has 0 saturated carbocycles. The maximum absolute atomic E-state index is 13.0. The van der Waals surface area contributed by atoms with E-state index < -0.39 is 0 Å². The van der Waals surface area contributed by atoms with Gasteiger partial charge >= 0.3 is 0 Å². The molecule has 0 radical (unpaired) electrons. The Morgan fingerprint density at radius 2 is 1.69 bits per heavy atom. The number of aryl methyl sites for hydroxylation is 1. The Kier molecular flexibility index (Phi) is 7.30. The number of amides is 1. The Morgan fingerprint density at radius 1 is 0.944 bits per heavy atom. The number of nitrogen functional groups attached to an aromatic ring is 1. The van der Waals surface area contributed by atoms with E-state index in [4.69, 9.17) is 5.73 Å². The van der Waals surface area contributed by atoms with Crippen LogP contribution in [0.15, 0.2) is 85.7 Å². The first-order chi connectivity index (χ1) is 17.3. The molecule has 1 heterocycles. The van der Waals surface area contributed by atoms with E-state index >= 15 is 0 Å². The highest BCUT2D eigenvalue weighted by Gasteiger charge is 2.12. The predicted octanol–water partition coefficient (Wildman–Crippen LogP) is 5.36. The van der Waals surface area contributed by atoms with Gasteiger partial charge in [0.15, 0.2) is 0 Å². The first-order valence-corrected chi connectivity index (χ1v) is 11.6. The smallest absolute Gasteiger partial charge is 0.256 e. The van der Waals surface area contributed by atoms with E-state index in [1.165, 1.54) is 0 Å². The lowest BCUT2D eigenvalue weighted by atomic mass is 10.1. The monoisotopic (exact) mass is 478 g/mol. The normalized spacial score (nSPS) is 10.5. The van der Waals surface area contributed by atoms with Gasteiger partial charge in [-0.05, 0) is 60.0 Å². The third-order valence-electron chi connectivity index (χ3n) is 5.76. The molecule has 3 aromatic carbocycles. The molecule has 0 unspecified atom stereocenters. The molecule has 0 spiro atoms. The summed E-state index contributed by atoms with van der Waals surface area (Å²) in [6.45, 7) is 6.08. The van der Waals surface area contributed by atoms with Crippen LogP contribution in [0.3, 0.4) is 0 Å². The molecule has 1 amide bonds. The minimum atomic E-state index is -0.233. The van der Waals surface area contributed by atoms with Crippen molar-refractivity contribution >= 4 is 34.4 Å². The number of nitrogens with two attached hydrogens (primary N) is 1. The van der Waals surface area contributed by atoms with Gasteiger partial charge in [0.1, 0.15) is 5.82 Å². The number of aromatic nitrogens is 2. The molecule has 0 aliphatic carbocycles. The van der Waals surface area contributed by atoms with Gasteiger partial charge in [-0.25, -0.2) is 9.97 Å². The highest BCUT2D eigenvalue weighted by Crippen LogP contribution is 2.23. The maximum atomic E-state index is 13.0. The summed E-state index contributed by atoms with van der Waals surface area (Å²) in [6.07, 6.45) is 3.79. The van der Waals surface area contributed by atoms with Gasteiger partial charge in [0, 0.05) is 48.8 Å². The molecule has 0 saturated heterocycles. The second-order valence-electron chi connectivity index (χ2n) is 8.84. The van der Waals surface area contributed by atoms with Crippen LogP contribution in [0.1, 0.15) is 32.9 Å². The van der Waals surface area contributed by atoms with Gasteiger partial charge in [0.05, 0.1) is 18.1 Å². The molecule has 4 N–H and O–H groups in total. The highest BCUT2D eigenvalue weighted by molar-refractivity contribution is 6.05. The lowest BCUT2D eigenvalue weighted by Gasteiger charge is -2.16. The average molecular weight is 479 g/mol. The van der Waals surface area contributed by atoms with Crippen LogP contribution >= 0.6 is 0 Å². The van der Waals surface area contributed by atoms with Crippen molar-refractivity contribution in [3.63, 3.8) is 0 Å². The summed E-state index contributed by atoms with van der Waals surface area (Å²) in [6, 6.07) is 21.4. The first kappa shape index (κ1) is 24.5. The van der Waals surface area contributed by atoms with E-state index in [2.05, 4.69) is 33.2 Å². The Hall–Kier alpha value is -4.65. The molecule has 0 fully saturated rings. The molecule has 4 rings (SSSR count). The zero-order valence-corrected chi connectivity index (χ0v) is 20.7. The number of rotatable bonds is 8. The summed E-state index contributed by atoms with van der Waals surface area (Å²) in [5.41, 5.74) is 13.1. The van der Waals surface area contributed by atoms with Gasteiger partial charge in [-0.1, -0.05) is 36.9 Å². The average Bonchev–Trinajstić information content (AvgIpc) is 2.86. The van der Waals surface area contributed by atoms with E-state index in [1.807, 2.05) is 86.6 Å². The van der Waals surface area contributed by atoms with Gasteiger partial charge in [0.25, 0.3) is 5.91 Å². The number of nitrogens with one attached hydrogen (secondary N) is 2. The van der Waals surface area contributed by atoms with Crippen LogP contribution in [-0.4, -0.2) is 30.0 Å². The molecule has 0 aliphatic rings. The molecule has 0 aliphatic heterocycles. The van der Waals surface area contributed by atoms with Crippen LogP contribution in [0.5, 0.6) is 0 Å². The van der Waals surface area contributed by atoms with E-state index in [-0.39, 0.29) is 5.91 Å². The van der Waals surface area contributed by atoms with Crippen LogP contribution in [0.25, 0.3) is 5.70 Å². The quantitative estimate of drug-likeness (QED) is 0.295. The van der Waals surface area contributed by atoms with E-state index in [9.17, 15) is 4.79 Å². The Morgan fingerprint density at radius 3 is 2.42 bits per heavy atom. The zero-order chi connectivity index (χ0) is 25.7. The Bertz CT molecular complexity index is 1400. The van der Waals surface area contributed by atoms with Crippen LogP contribution in [0.2, 0.25) is 0 Å². The fourth-order valence-corrected chi connectivity index (χ4v) is 3.76. The number of anilines is 4. The van der Waals surface area contributed by atoms with Crippen molar-refractivity contribution in [3.05, 3.63) is 114 Å². The summed E-state index contributed by atoms with van der Waals surface area (Å²) < 4.78 is 0. The fraction of sp³-hybridized carbons (Fsp3) is 0.138. The summed E-state index contributed by atoms with van der Waals surface area (Å²) in [4.78, 5) is 23.9. The van der Waals surface area contributed by atoms with E-state index in [1.54, 1.807) is 12.4 Å². The van der Waals surface area contributed by atoms with Gasteiger partial charge < -0.3 is 21.3 Å². The number of carbonyl (C=O) groups is 1. The SMILES string of the molecule is C=C(Nc1ccc(C)c(C(=O)Nc2cnc(Cc3cccc(N)c3)nc2)c1)c1cccc(N(C)C)c1. The van der Waals surface area contributed by atoms with Crippen molar-refractivity contribution in [3.8, 4) is 0 Å². The molecule has 4 aromatic rings. The van der Waals surface area contributed by atoms with Crippen molar-refractivity contribution in [2.24, 2.45) is 0 Å². The van der Waals surface area contributed by atoms with Crippen LogP contribution in [0.4, 0.5) is 22.7 Å². The first-order valence-electron chi connectivity index (χ1n) is 11.6. The van der Waals surface area contributed by atoms with Crippen LogP contribution < -0.4 is 21.3 Å². The number of benzene rings is 3. The molecule has 7 nitrogen and oxygen atoms in total. The summed E-state index contributed by atoms with van der Waals surface area (Å²) in [5.74, 6) is 0.418. The van der Waals surface area contributed by atoms with E-state index in [0.29, 0.717) is 29.2 Å². The van der Waals surface area contributed by atoms with Crippen LogP contribution in [-0.2, 0) is 6.42 Å². The van der Waals surface area contributed by atoms with Crippen molar-refractivity contribution < 1.29 is 4.79 Å². The lowest BCUT2D eigenvalue weighted by Crippen LogP contribution is -2.14. The van der Waals surface area contributed by atoms with Crippen molar-refractivity contribution in [1.82, 2.24) is 9.97 Å². The summed E-state index contributed by atoms with van der Waals surface area (Å²) in [5, 5.41) is 6.21. The second-order valence-corrected chi connectivity index (χ2v) is 8.84. The predicted molar refractivity (Wildman–Crippen MR) is 148 cm³/mol. The standard InChI is InChI=1S/C29H30N6O/c1-19-11-12-24(33-20(2)22-8-6-10-26(15-22)35(3)4)16-27(19)29(36)34-25-17-31-28(32-18-25)14-21-7-5-9-23(30)13-21/h5-13,15-18,33H,2,14,30H2,1,3-4H3,(H,34,36). The van der Waals surface area contributed by atoms with Crippen molar-refractivity contribution in [2.75, 3.05) is 35.4 Å². The highest BCUT2D eigenvalue weighted by atomic mass is 16.1. The largest absolute Gasteiger partial charge is 0.399 e. The fourth-order valence-electron chi connectivity index (χ4n) is 3.76. The van der Waals surface area contributed by atoms with Crippen LogP contribution in [0, 0.1) is 6.92 Å². The molecule has 182 valence electrons. The van der Waals surface area contributed by atoms with Gasteiger partial charge in [0.2, 0.25) is 0 Å². The Labute approximate surface area is 211 Å². The molecular weight excluding hydrogens is 448 g/mol. The number of hydrogen-bond donors (Lipinski definition) is 3. The summed E-state index contributed by atoms with van der Waals surface area (Å²) in [7, 11) is 4.00. The second kappa shape index (κ2) is 10.7. The van der Waals surface area contributed by atoms with Gasteiger partial charge in [-0.15, -0.1) is 0 Å². The summed E-state index contributed by atoms with van der Waals surface area (Å²) >= 11 is 0. The molecule has 7 heteroatoms. The molecule has 1 aromatic heterocycles.